The first-order valence-corrected chi connectivity index (χ1v) is 5.89. The molecule has 0 spiro atoms. The number of pyridine rings is 1. The van der Waals surface area contributed by atoms with Gasteiger partial charge in [0, 0.05) is 11.7 Å². The molecule has 2 rings (SSSR count). The average Bonchev–Trinajstić information content (AvgIpc) is 2.98. The number of carbonyl (C=O) groups is 1. The van der Waals surface area contributed by atoms with E-state index in [1.54, 1.807) is 19.2 Å². The average molecular weight is 234 g/mol. The first-order valence-electron chi connectivity index (χ1n) is 5.89. The number of rotatable bonds is 4. The second-order valence-corrected chi connectivity index (χ2v) is 5.28. The minimum absolute atomic E-state index is 0.0923. The Bertz CT molecular complexity index is 451. The van der Waals surface area contributed by atoms with Gasteiger partial charge in [-0.15, -0.1) is 0 Å². The summed E-state index contributed by atoms with van der Waals surface area (Å²) in [6, 6.07) is 1.72. The lowest BCUT2D eigenvalue weighted by Crippen LogP contribution is -2.34. The smallest absolute Gasteiger partial charge is 0.339 e. The number of aromatic carboxylic acids is 1. The summed E-state index contributed by atoms with van der Waals surface area (Å²) in [5.74, 6) is 0.172. The van der Waals surface area contributed by atoms with Crippen molar-refractivity contribution in [3.05, 3.63) is 23.4 Å². The van der Waals surface area contributed by atoms with Gasteiger partial charge in [0.1, 0.15) is 11.4 Å². The van der Waals surface area contributed by atoms with Gasteiger partial charge in [0.15, 0.2) is 0 Å². The lowest BCUT2D eigenvalue weighted by atomic mass is 9.98. The van der Waals surface area contributed by atoms with E-state index < -0.39 is 5.97 Å². The van der Waals surface area contributed by atoms with Crippen molar-refractivity contribution in [2.75, 3.05) is 5.32 Å². The number of nitrogens with zero attached hydrogens (tertiary/aromatic N) is 1. The Morgan fingerprint density at radius 3 is 2.71 bits per heavy atom. The summed E-state index contributed by atoms with van der Waals surface area (Å²) >= 11 is 0. The lowest BCUT2D eigenvalue weighted by molar-refractivity contribution is 0.0696. The van der Waals surface area contributed by atoms with Gasteiger partial charge in [-0.1, -0.05) is 0 Å². The van der Waals surface area contributed by atoms with E-state index in [0.717, 1.165) is 5.56 Å². The van der Waals surface area contributed by atoms with E-state index in [-0.39, 0.29) is 11.1 Å². The number of anilines is 1. The summed E-state index contributed by atoms with van der Waals surface area (Å²) in [7, 11) is 0. The molecule has 0 radical (unpaired) electrons. The minimum Gasteiger partial charge on any atom is -0.478 e. The predicted molar refractivity (Wildman–Crippen MR) is 66.4 cm³/mol. The first-order chi connectivity index (χ1) is 7.92. The Morgan fingerprint density at radius 2 is 2.18 bits per heavy atom. The van der Waals surface area contributed by atoms with Crippen LogP contribution in [-0.2, 0) is 0 Å². The van der Waals surface area contributed by atoms with E-state index in [4.69, 9.17) is 0 Å². The molecule has 17 heavy (non-hydrogen) atoms. The Balaban J connectivity index is 2.32. The van der Waals surface area contributed by atoms with E-state index in [1.807, 2.05) is 0 Å². The number of hydrogen-bond acceptors (Lipinski definition) is 3. The summed E-state index contributed by atoms with van der Waals surface area (Å²) in [5, 5.41) is 12.5. The summed E-state index contributed by atoms with van der Waals surface area (Å²) in [6.45, 7) is 5.99. The van der Waals surface area contributed by atoms with E-state index in [0.29, 0.717) is 11.7 Å². The molecule has 4 nitrogen and oxygen atoms in total. The molecule has 1 aromatic rings. The minimum atomic E-state index is -0.926. The molecule has 0 aromatic carbocycles. The largest absolute Gasteiger partial charge is 0.478 e. The van der Waals surface area contributed by atoms with E-state index in [2.05, 4.69) is 24.1 Å². The van der Waals surface area contributed by atoms with Gasteiger partial charge in [-0.2, -0.15) is 0 Å². The van der Waals surface area contributed by atoms with Crippen molar-refractivity contribution in [1.82, 2.24) is 4.98 Å². The molecule has 1 aromatic heterocycles. The molecule has 0 aliphatic heterocycles. The Morgan fingerprint density at radius 1 is 1.53 bits per heavy atom. The molecule has 92 valence electrons. The van der Waals surface area contributed by atoms with Crippen LogP contribution in [0.4, 0.5) is 5.82 Å². The van der Waals surface area contributed by atoms with Crippen LogP contribution in [0.3, 0.4) is 0 Å². The molecule has 0 bridgehead atoms. The van der Waals surface area contributed by atoms with Crippen molar-refractivity contribution in [2.24, 2.45) is 5.92 Å². The second-order valence-electron chi connectivity index (χ2n) is 5.28. The van der Waals surface area contributed by atoms with Crippen LogP contribution < -0.4 is 5.32 Å². The zero-order valence-corrected chi connectivity index (χ0v) is 10.4. The molecule has 1 heterocycles. The fourth-order valence-electron chi connectivity index (χ4n) is 2.14. The van der Waals surface area contributed by atoms with Crippen LogP contribution in [0, 0.1) is 12.8 Å². The molecule has 2 N–H and O–H groups in total. The number of aromatic nitrogens is 1. The SMILES string of the molecule is Cc1ccnc(NC(C)(C)C2CC2)c1C(=O)O. The van der Waals surface area contributed by atoms with Gasteiger partial charge in [-0.3, -0.25) is 0 Å². The van der Waals surface area contributed by atoms with Crippen LogP contribution in [0.1, 0.15) is 42.6 Å². The Hall–Kier alpha value is -1.58. The molecule has 0 unspecified atom stereocenters. The normalized spacial score (nSPS) is 15.7. The number of carboxylic acid groups (broad SMARTS) is 1. The molecule has 0 amide bonds. The standard InChI is InChI=1S/C13H18N2O2/c1-8-6-7-14-11(10(8)12(16)17)15-13(2,3)9-4-5-9/h6-7,9H,4-5H2,1-3H3,(H,14,15)(H,16,17). The Labute approximate surface area is 101 Å². The van der Waals surface area contributed by atoms with Gasteiger partial charge in [-0.05, 0) is 51.2 Å². The molecule has 1 aliphatic rings. The van der Waals surface area contributed by atoms with Crippen LogP contribution in [-0.4, -0.2) is 21.6 Å². The highest BCUT2D eigenvalue weighted by Crippen LogP contribution is 2.41. The fraction of sp³-hybridized carbons (Fsp3) is 0.538. The van der Waals surface area contributed by atoms with Crippen LogP contribution >= 0.6 is 0 Å². The molecule has 0 saturated heterocycles. The quantitative estimate of drug-likeness (QED) is 0.840. The first kappa shape index (κ1) is 11.9. The van der Waals surface area contributed by atoms with Crippen molar-refractivity contribution >= 4 is 11.8 Å². The molecular formula is C13H18N2O2. The monoisotopic (exact) mass is 234 g/mol. The molecule has 4 heteroatoms. The van der Waals surface area contributed by atoms with E-state index in [1.165, 1.54) is 12.8 Å². The van der Waals surface area contributed by atoms with Gasteiger partial charge in [0.25, 0.3) is 0 Å². The van der Waals surface area contributed by atoms with Gasteiger partial charge in [0.2, 0.25) is 0 Å². The third-order valence-electron chi connectivity index (χ3n) is 3.41. The molecule has 0 atom stereocenters. The van der Waals surface area contributed by atoms with Gasteiger partial charge >= 0.3 is 5.97 Å². The molecular weight excluding hydrogens is 216 g/mol. The third-order valence-corrected chi connectivity index (χ3v) is 3.41. The number of hydrogen-bond donors (Lipinski definition) is 2. The number of carboxylic acids is 1. The molecule has 1 saturated carbocycles. The van der Waals surface area contributed by atoms with Crippen LogP contribution in [0.15, 0.2) is 12.3 Å². The highest BCUT2D eigenvalue weighted by atomic mass is 16.4. The maximum Gasteiger partial charge on any atom is 0.339 e. The van der Waals surface area contributed by atoms with Crippen LogP contribution in [0.25, 0.3) is 0 Å². The van der Waals surface area contributed by atoms with Crippen molar-refractivity contribution in [3.63, 3.8) is 0 Å². The van der Waals surface area contributed by atoms with Gasteiger partial charge in [-0.25, -0.2) is 9.78 Å². The van der Waals surface area contributed by atoms with Crippen molar-refractivity contribution in [3.8, 4) is 0 Å². The predicted octanol–water partition coefficient (Wildman–Crippen LogP) is 2.69. The number of nitrogens with one attached hydrogen (secondary N) is 1. The second kappa shape index (κ2) is 4.02. The van der Waals surface area contributed by atoms with E-state index >= 15 is 0 Å². The van der Waals surface area contributed by atoms with Crippen molar-refractivity contribution in [2.45, 2.75) is 39.2 Å². The summed E-state index contributed by atoms with van der Waals surface area (Å²) in [5.41, 5.74) is 0.924. The highest BCUT2D eigenvalue weighted by molar-refractivity contribution is 5.94. The summed E-state index contributed by atoms with van der Waals surface area (Å²) in [4.78, 5) is 15.4. The third kappa shape index (κ3) is 2.40. The van der Waals surface area contributed by atoms with Crippen LogP contribution in [0.2, 0.25) is 0 Å². The molecule has 1 fully saturated rings. The topological polar surface area (TPSA) is 62.2 Å². The zero-order chi connectivity index (χ0) is 12.6. The summed E-state index contributed by atoms with van der Waals surface area (Å²) < 4.78 is 0. The van der Waals surface area contributed by atoms with E-state index in [9.17, 15) is 9.90 Å². The summed E-state index contributed by atoms with van der Waals surface area (Å²) in [6.07, 6.45) is 4.05. The maximum atomic E-state index is 11.2. The van der Waals surface area contributed by atoms with Crippen molar-refractivity contribution in [1.29, 1.82) is 0 Å². The fourth-order valence-corrected chi connectivity index (χ4v) is 2.14. The van der Waals surface area contributed by atoms with Crippen LogP contribution in [0.5, 0.6) is 0 Å². The number of aryl methyl sites for hydroxylation is 1. The zero-order valence-electron chi connectivity index (χ0n) is 10.4. The van der Waals surface area contributed by atoms with Gasteiger partial charge < -0.3 is 10.4 Å². The highest BCUT2D eigenvalue weighted by Gasteiger charge is 2.38. The van der Waals surface area contributed by atoms with Crippen molar-refractivity contribution < 1.29 is 9.90 Å². The maximum absolute atomic E-state index is 11.2. The van der Waals surface area contributed by atoms with Gasteiger partial charge in [0.05, 0.1) is 0 Å². The Kier molecular flexibility index (Phi) is 2.81. The lowest BCUT2D eigenvalue weighted by Gasteiger charge is -2.27. The molecule has 1 aliphatic carbocycles.